The summed E-state index contributed by atoms with van der Waals surface area (Å²) >= 11 is 0. The lowest BCUT2D eigenvalue weighted by Gasteiger charge is -2.12. The highest BCUT2D eigenvalue weighted by molar-refractivity contribution is 5.53. The van der Waals surface area contributed by atoms with Crippen LogP contribution in [0.3, 0.4) is 0 Å². The standard InChI is InChI=1S/C15H17N3O3/c1-10-5-4-6-13(15(10)18(19)20)21-14-9-12(7-8-17-14)11(2)16-3/h4-9,11,16H,1-3H3. The quantitative estimate of drug-likeness (QED) is 0.674. The minimum atomic E-state index is -0.440. The number of hydrogen-bond donors (Lipinski definition) is 1. The SMILES string of the molecule is CNC(C)c1ccnc(Oc2cccc(C)c2[N+](=O)[O-])c1. The maximum absolute atomic E-state index is 11.1. The summed E-state index contributed by atoms with van der Waals surface area (Å²) in [6.45, 7) is 3.69. The minimum absolute atomic E-state index is 0.0358. The van der Waals surface area contributed by atoms with Crippen molar-refractivity contribution >= 4 is 5.69 Å². The molecule has 0 saturated heterocycles. The number of nitro groups is 1. The molecule has 1 unspecified atom stereocenters. The van der Waals surface area contributed by atoms with Crippen molar-refractivity contribution in [2.75, 3.05) is 7.05 Å². The summed E-state index contributed by atoms with van der Waals surface area (Å²) in [4.78, 5) is 14.8. The summed E-state index contributed by atoms with van der Waals surface area (Å²) in [5.74, 6) is 0.532. The van der Waals surface area contributed by atoms with Crippen LogP contribution >= 0.6 is 0 Å². The number of aromatic nitrogens is 1. The topological polar surface area (TPSA) is 77.3 Å². The molecule has 6 nitrogen and oxygen atoms in total. The first-order valence-electron chi connectivity index (χ1n) is 6.58. The fourth-order valence-electron chi connectivity index (χ4n) is 1.98. The van der Waals surface area contributed by atoms with Gasteiger partial charge in [-0.2, -0.15) is 0 Å². The van der Waals surface area contributed by atoms with Crippen LogP contribution in [0.15, 0.2) is 36.5 Å². The van der Waals surface area contributed by atoms with Crippen molar-refractivity contribution in [3.8, 4) is 11.6 Å². The summed E-state index contributed by atoms with van der Waals surface area (Å²) in [5, 5.41) is 14.3. The molecule has 0 aliphatic heterocycles. The van der Waals surface area contributed by atoms with Crippen molar-refractivity contribution in [2.45, 2.75) is 19.9 Å². The highest BCUT2D eigenvalue weighted by Crippen LogP contribution is 2.33. The van der Waals surface area contributed by atoms with Gasteiger partial charge in [-0.25, -0.2) is 4.98 Å². The van der Waals surface area contributed by atoms with Gasteiger partial charge in [-0.3, -0.25) is 10.1 Å². The van der Waals surface area contributed by atoms with Gasteiger partial charge in [0.1, 0.15) is 0 Å². The van der Waals surface area contributed by atoms with Gasteiger partial charge in [-0.1, -0.05) is 12.1 Å². The summed E-state index contributed by atoms with van der Waals surface area (Å²) < 4.78 is 5.61. The number of nitrogens with one attached hydrogen (secondary N) is 1. The minimum Gasteiger partial charge on any atom is -0.432 e. The maximum atomic E-state index is 11.1. The van der Waals surface area contributed by atoms with E-state index in [0.29, 0.717) is 11.4 Å². The maximum Gasteiger partial charge on any atom is 0.314 e. The zero-order chi connectivity index (χ0) is 15.4. The first kappa shape index (κ1) is 14.9. The summed E-state index contributed by atoms with van der Waals surface area (Å²) in [5.41, 5.74) is 1.52. The van der Waals surface area contributed by atoms with Crippen molar-refractivity contribution in [1.82, 2.24) is 10.3 Å². The molecule has 1 heterocycles. The molecule has 21 heavy (non-hydrogen) atoms. The number of pyridine rings is 1. The number of para-hydroxylation sites is 1. The Balaban J connectivity index is 2.35. The van der Waals surface area contributed by atoms with Crippen molar-refractivity contribution in [1.29, 1.82) is 0 Å². The third-order valence-electron chi connectivity index (χ3n) is 3.29. The molecule has 0 radical (unpaired) electrons. The fourth-order valence-corrected chi connectivity index (χ4v) is 1.98. The van der Waals surface area contributed by atoms with E-state index < -0.39 is 4.92 Å². The number of nitro benzene ring substituents is 1. The first-order chi connectivity index (χ1) is 10.0. The van der Waals surface area contributed by atoms with E-state index in [2.05, 4.69) is 10.3 Å². The number of hydrogen-bond acceptors (Lipinski definition) is 5. The molecule has 0 aliphatic carbocycles. The third kappa shape index (κ3) is 3.35. The molecular weight excluding hydrogens is 270 g/mol. The molecule has 6 heteroatoms. The predicted molar refractivity (Wildman–Crippen MR) is 79.6 cm³/mol. The molecule has 2 aromatic rings. The fraction of sp³-hybridized carbons (Fsp3) is 0.267. The van der Waals surface area contributed by atoms with Gasteiger partial charge in [-0.15, -0.1) is 0 Å². The van der Waals surface area contributed by atoms with Crippen LogP contribution in [0, 0.1) is 17.0 Å². The number of benzene rings is 1. The first-order valence-corrected chi connectivity index (χ1v) is 6.58. The monoisotopic (exact) mass is 287 g/mol. The summed E-state index contributed by atoms with van der Waals surface area (Å²) in [6.07, 6.45) is 1.63. The van der Waals surface area contributed by atoms with E-state index in [0.717, 1.165) is 5.56 Å². The number of rotatable bonds is 5. The van der Waals surface area contributed by atoms with Crippen molar-refractivity contribution in [3.63, 3.8) is 0 Å². The van der Waals surface area contributed by atoms with Gasteiger partial charge in [0.2, 0.25) is 11.6 Å². The lowest BCUT2D eigenvalue weighted by atomic mass is 10.1. The van der Waals surface area contributed by atoms with Crippen LogP contribution in [-0.2, 0) is 0 Å². The zero-order valence-corrected chi connectivity index (χ0v) is 12.2. The average molecular weight is 287 g/mol. The Morgan fingerprint density at radius 3 is 2.81 bits per heavy atom. The lowest BCUT2D eigenvalue weighted by molar-refractivity contribution is -0.386. The molecule has 0 bridgehead atoms. The smallest absolute Gasteiger partial charge is 0.314 e. The highest BCUT2D eigenvalue weighted by Gasteiger charge is 2.19. The second kappa shape index (κ2) is 6.32. The van der Waals surface area contributed by atoms with Crippen LogP contribution < -0.4 is 10.1 Å². The van der Waals surface area contributed by atoms with Gasteiger partial charge in [0, 0.05) is 23.9 Å². The van der Waals surface area contributed by atoms with Crippen LogP contribution in [0.25, 0.3) is 0 Å². The van der Waals surface area contributed by atoms with E-state index >= 15 is 0 Å². The number of nitrogens with zero attached hydrogens (tertiary/aromatic N) is 2. The van der Waals surface area contributed by atoms with Crippen LogP contribution in [0.5, 0.6) is 11.6 Å². The van der Waals surface area contributed by atoms with Crippen LogP contribution in [0.2, 0.25) is 0 Å². The van der Waals surface area contributed by atoms with Crippen molar-refractivity contribution in [2.24, 2.45) is 0 Å². The van der Waals surface area contributed by atoms with Crippen LogP contribution in [0.1, 0.15) is 24.1 Å². The Hall–Kier alpha value is -2.47. The predicted octanol–water partition coefficient (Wildman–Crippen LogP) is 3.37. The van der Waals surface area contributed by atoms with E-state index in [1.165, 1.54) is 0 Å². The molecule has 0 aliphatic rings. The molecule has 1 atom stereocenters. The van der Waals surface area contributed by atoms with E-state index in [-0.39, 0.29) is 17.5 Å². The van der Waals surface area contributed by atoms with E-state index in [4.69, 9.17) is 4.74 Å². The second-order valence-electron chi connectivity index (χ2n) is 4.72. The Bertz CT molecular complexity index is 658. The van der Waals surface area contributed by atoms with Gasteiger partial charge in [0.15, 0.2) is 0 Å². The van der Waals surface area contributed by atoms with E-state index in [1.54, 1.807) is 37.4 Å². The largest absolute Gasteiger partial charge is 0.432 e. The highest BCUT2D eigenvalue weighted by atomic mass is 16.6. The Morgan fingerprint density at radius 1 is 1.38 bits per heavy atom. The van der Waals surface area contributed by atoms with Gasteiger partial charge in [0.05, 0.1) is 4.92 Å². The normalized spacial score (nSPS) is 12.0. The molecule has 1 N–H and O–H groups in total. The lowest BCUT2D eigenvalue weighted by Crippen LogP contribution is -2.12. The molecule has 1 aromatic carbocycles. The number of aryl methyl sites for hydroxylation is 1. The molecule has 110 valence electrons. The number of ether oxygens (including phenoxy) is 1. The molecule has 0 spiro atoms. The molecule has 2 rings (SSSR count). The zero-order valence-electron chi connectivity index (χ0n) is 12.2. The van der Waals surface area contributed by atoms with E-state index in [9.17, 15) is 10.1 Å². The van der Waals surface area contributed by atoms with Crippen LogP contribution in [0.4, 0.5) is 5.69 Å². The van der Waals surface area contributed by atoms with Gasteiger partial charge in [-0.05, 0) is 38.6 Å². The average Bonchev–Trinajstić information content (AvgIpc) is 2.46. The van der Waals surface area contributed by atoms with Crippen LogP contribution in [-0.4, -0.2) is 17.0 Å². The van der Waals surface area contributed by atoms with Gasteiger partial charge in [0.25, 0.3) is 0 Å². The summed E-state index contributed by atoms with van der Waals surface area (Å²) in [7, 11) is 1.86. The van der Waals surface area contributed by atoms with E-state index in [1.807, 2.05) is 20.0 Å². The van der Waals surface area contributed by atoms with Crippen molar-refractivity contribution in [3.05, 3.63) is 57.8 Å². The molecular formula is C15H17N3O3. The Kier molecular flexibility index (Phi) is 4.49. The molecule has 1 aromatic heterocycles. The Morgan fingerprint density at radius 2 is 2.14 bits per heavy atom. The molecule has 0 saturated carbocycles. The third-order valence-corrected chi connectivity index (χ3v) is 3.29. The summed E-state index contributed by atoms with van der Waals surface area (Å²) in [6, 6.07) is 8.76. The van der Waals surface area contributed by atoms with Gasteiger partial charge < -0.3 is 10.1 Å². The molecule has 0 fully saturated rings. The Labute approximate surface area is 122 Å². The second-order valence-corrected chi connectivity index (χ2v) is 4.72. The van der Waals surface area contributed by atoms with Crippen molar-refractivity contribution < 1.29 is 9.66 Å². The van der Waals surface area contributed by atoms with Gasteiger partial charge >= 0.3 is 5.69 Å². The molecule has 0 amide bonds.